The van der Waals surface area contributed by atoms with E-state index in [0.717, 1.165) is 9.87 Å². The maximum Gasteiger partial charge on any atom is 0.433 e. The lowest BCUT2D eigenvalue weighted by Gasteiger charge is -2.45. The lowest BCUT2D eigenvalue weighted by Crippen LogP contribution is -2.64. The Morgan fingerprint density at radius 1 is 1.00 bits per heavy atom. The molecule has 1 unspecified atom stereocenters. The van der Waals surface area contributed by atoms with E-state index in [9.17, 15) is 23.5 Å². The minimum Gasteiger partial charge on any atom is -0.463 e. The predicted octanol–water partition coefficient (Wildman–Crippen LogP) is 4.20. The maximum absolute atomic E-state index is 13.6. The van der Waals surface area contributed by atoms with Crippen molar-refractivity contribution in [2.24, 2.45) is 0 Å². The van der Waals surface area contributed by atoms with Crippen LogP contribution in [-0.2, 0) is 16.4 Å². The number of hydrogen-bond donors (Lipinski definition) is 2. The summed E-state index contributed by atoms with van der Waals surface area (Å²) in [4.78, 5) is 11.8. The summed E-state index contributed by atoms with van der Waals surface area (Å²) in [5.41, 5.74) is -0.962. The standard InChI is InChI=1S/C21H28N2O5S/c1-3-5-16-22(29(27,28)19-14-10-7-11-15-19)21(4-2,23(26)20(24)25)17-18-12-8-6-9-13-18/h6-15,26H,3-5,16-17H2,1-2H3,(H,24,25). The van der Waals surface area contributed by atoms with E-state index in [1.54, 1.807) is 49.4 Å². The summed E-state index contributed by atoms with van der Waals surface area (Å²) >= 11 is 0. The molecule has 0 aliphatic rings. The van der Waals surface area contributed by atoms with Gasteiger partial charge in [0.05, 0.1) is 4.90 Å². The Morgan fingerprint density at radius 2 is 1.55 bits per heavy atom. The SMILES string of the molecule is CCCCN(C(CC)(Cc1ccccc1)N(O)C(=O)O)S(=O)(=O)c1ccccc1. The first-order valence-corrected chi connectivity index (χ1v) is 11.1. The van der Waals surface area contributed by atoms with Crippen LogP contribution in [0.5, 0.6) is 0 Å². The van der Waals surface area contributed by atoms with E-state index in [-0.39, 0.29) is 29.3 Å². The van der Waals surface area contributed by atoms with Gasteiger partial charge in [0.25, 0.3) is 0 Å². The Bertz CT molecular complexity index is 890. The van der Waals surface area contributed by atoms with Gasteiger partial charge in [0.2, 0.25) is 10.0 Å². The summed E-state index contributed by atoms with van der Waals surface area (Å²) in [5, 5.41) is 20.3. The van der Waals surface area contributed by atoms with Crippen molar-refractivity contribution in [3.8, 4) is 0 Å². The van der Waals surface area contributed by atoms with E-state index in [0.29, 0.717) is 12.8 Å². The summed E-state index contributed by atoms with van der Waals surface area (Å²) in [6.45, 7) is 3.68. The molecule has 29 heavy (non-hydrogen) atoms. The number of nitrogens with zero attached hydrogens (tertiary/aromatic N) is 2. The van der Waals surface area contributed by atoms with Crippen LogP contribution in [0.2, 0.25) is 0 Å². The normalized spacial score (nSPS) is 13.8. The van der Waals surface area contributed by atoms with E-state index in [4.69, 9.17) is 0 Å². The molecule has 0 saturated heterocycles. The molecule has 2 rings (SSSR count). The molecule has 1 amide bonds. The monoisotopic (exact) mass is 420 g/mol. The predicted molar refractivity (Wildman–Crippen MR) is 110 cm³/mol. The van der Waals surface area contributed by atoms with E-state index >= 15 is 0 Å². The third-order valence-corrected chi connectivity index (χ3v) is 6.95. The third kappa shape index (κ3) is 4.95. The molecule has 0 aliphatic heterocycles. The van der Waals surface area contributed by atoms with Crippen molar-refractivity contribution in [1.82, 2.24) is 9.37 Å². The minimum absolute atomic E-state index is 0.0168. The highest BCUT2D eigenvalue weighted by Crippen LogP contribution is 2.34. The van der Waals surface area contributed by atoms with Gasteiger partial charge >= 0.3 is 6.09 Å². The van der Waals surface area contributed by atoms with Gasteiger partial charge in [0.15, 0.2) is 0 Å². The number of benzene rings is 2. The van der Waals surface area contributed by atoms with Crippen LogP contribution in [0.3, 0.4) is 0 Å². The van der Waals surface area contributed by atoms with Gasteiger partial charge in [0.1, 0.15) is 5.66 Å². The molecule has 7 nitrogen and oxygen atoms in total. The molecular formula is C21H28N2O5S. The fourth-order valence-corrected chi connectivity index (χ4v) is 5.24. The van der Waals surface area contributed by atoms with Crippen LogP contribution in [0.4, 0.5) is 4.79 Å². The minimum atomic E-state index is -4.07. The maximum atomic E-state index is 13.6. The fourth-order valence-electron chi connectivity index (χ4n) is 3.39. The summed E-state index contributed by atoms with van der Waals surface area (Å²) in [6, 6.07) is 16.9. The van der Waals surface area contributed by atoms with Crippen LogP contribution in [0, 0.1) is 0 Å². The van der Waals surface area contributed by atoms with E-state index < -0.39 is 21.8 Å². The number of hydroxylamine groups is 2. The van der Waals surface area contributed by atoms with Gasteiger partial charge in [-0.3, -0.25) is 5.21 Å². The number of sulfonamides is 1. The third-order valence-electron chi connectivity index (χ3n) is 4.98. The molecule has 0 saturated carbocycles. The largest absolute Gasteiger partial charge is 0.463 e. The molecule has 2 aromatic carbocycles. The molecular weight excluding hydrogens is 392 g/mol. The van der Waals surface area contributed by atoms with E-state index in [1.807, 2.05) is 13.0 Å². The molecule has 1 atom stereocenters. The van der Waals surface area contributed by atoms with Crippen LogP contribution in [0.1, 0.15) is 38.7 Å². The van der Waals surface area contributed by atoms with Gasteiger partial charge in [-0.15, -0.1) is 0 Å². The van der Waals surface area contributed by atoms with Gasteiger partial charge in [-0.25, -0.2) is 13.2 Å². The van der Waals surface area contributed by atoms with Crippen LogP contribution >= 0.6 is 0 Å². The molecule has 0 fully saturated rings. The molecule has 0 radical (unpaired) electrons. The van der Waals surface area contributed by atoms with Crippen molar-refractivity contribution >= 4 is 16.1 Å². The summed E-state index contributed by atoms with van der Waals surface area (Å²) in [6.07, 6.45) is -0.281. The van der Waals surface area contributed by atoms with Crippen LogP contribution < -0.4 is 0 Å². The number of carbonyl (C=O) groups is 1. The number of hydrogen-bond acceptors (Lipinski definition) is 4. The molecule has 2 aromatic rings. The van der Waals surface area contributed by atoms with Gasteiger partial charge in [-0.05, 0) is 30.5 Å². The lowest BCUT2D eigenvalue weighted by atomic mass is 9.96. The Hall–Kier alpha value is -2.42. The molecule has 158 valence electrons. The first-order valence-electron chi connectivity index (χ1n) is 9.63. The quantitative estimate of drug-likeness (QED) is 0.341. The van der Waals surface area contributed by atoms with Crippen LogP contribution in [-0.4, -0.2) is 46.4 Å². The summed E-state index contributed by atoms with van der Waals surface area (Å²) < 4.78 is 28.3. The average molecular weight is 421 g/mol. The van der Waals surface area contributed by atoms with Crippen molar-refractivity contribution in [3.05, 3.63) is 66.2 Å². The zero-order valence-electron chi connectivity index (χ0n) is 16.7. The first-order chi connectivity index (χ1) is 13.8. The molecule has 0 aliphatic carbocycles. The Labute approximate surface area is 172 Å². The molecule has 2 N–H and O–H groups in total. The van der Waals surface area contributed by atoms with Gasteiger partial charge in [0, 0.05) is 13.0 Å². The molecule has 0 heterocycles. The molecule has 8 heteroatoms. The summed E-state index contributed by atoms with van der Waals surface area (Å²) in [5.74, 6) is 0. The Kier molecular flexibility index (Phi) is 7.78. The first kappa shape index (κ1) is 22.9. The number of rotatable bonds is 10. The smallest absolute Gasteiger partial charge is 0.433 e. The molecule has 0 spiro atoms. The van der Waals surface area contributed by atoms with E-state index in [1.165, 1.54) is 12.1 Å². The van der Waals surface area contributed by atoms with Crippen molar-refractivity contribution in [1.29, 1.82) is 0 Å². The Balaban J connectivity index is 2.67. The second-order valence-corrected chi connectivity index (χ2v) is 8.70. The van der Waals surface area contributed by atoms with E-state index in [2.05, 4.69) is 0 Å². The van der Waals surface area contributed by atoms with Gasteiger partial charge in [-0.1, -0.05) is 68.8 Å². The average Bonchev–Trinajstić information content (AvgIpc) is 2.73. The van der Waals surface area contributed by atoms with Gasteiger partial charge < -0.3 is 5.11 Å². The number of amides is 1. The highest BCUT2D eigenvalue weighted by molar-refractivity contribution is 7.89. The van der Waals surface area contributed by atoms with Crippen molar-refractivity contribution < 1.29 is 23.5 Å². The second kappa shape index (κ2) is 9.87. The van der Waals surface area contributed by atoms with Crippen LogP contribution in [0.25, 0.3) is 0 Å². The summed E-state index contributed by atoms with van der Waals surface area (Å²) in [7, 11) is -4.07. The van der Waals surface area contributed by atoms with Crippen molar-refractivity contribution in [2.45, 2.75) is 50.1 Å². The molecule has 0 aromatic heterocycles. The zero-order valence-corrected chi connectivity index (χ0v) is 17.5. The van der Waals surface area contributed by atoms with Crippen molar-refractivity contribution in [2.75, 3.05) is 6.54 Å². The van der Waals surface area contributed by atoms with Crippen molar-refractivity contribution in [3.63, 3.8) is 0 Å². The topological polar surface area (TPSA) is 98.2 Å². The zero-order chi connectivity index (χ0) is 21.5. The number of unbranched alkanes of at least 4 members (excludes halogenated alkanes) is 1. The highest BCUT2D eigenvalue weighted by Gasteiger charge is 2.49. The molecule has 0 bridgehead atoms. The lowest BCUT2D eigenvalue weighted by molar-refractivity contribution is -0.182. The van der Waals surface area contributed by atoms with Crippen LogP contribution in [0.15, 0.2) is 65.6 Å². The Morgan fingerprint density at radius 3 is 2.03 bits per heavy atom. The second-order valence-electron chi connectivity index (χ2n) is 6.84. The van der Waals surface area contributed by atoms with Gasteiger partial charge in [-0.2, -0.15) is 9.37 Å². The fraction of sp³-hybridized carbons (Fsp3) is 0.381. The number of carboxylic acid groups (broad SMARTS) is 1. The highest BCUT2D eigenvalue weighted by atomic mass is 32.2.